The highest BCUT2D eigenvalue weighted by Gasteiger charge is 2.13. The molecule has 98 valence electrons. The standard InChI is InChI=1S/C14H15N3O2/c1-19-14(18)13(15)8-10-2-4-11(5-3-10)12-6-7-16-17-9-12/h2-7,9,13H,8,15H2,1H3/t13-/m0/s1. The molecule has 2 N–H and O–H groups in total. The number of benzene rings is 1. The van der Waals surface area contributed by atoms with Gasteiger partial charge in [-0.15, -0.1) is 0 Å². The summed E-state index contributed by atoms with van der Waals surface area (Å²) < 4.78 is 4.60. The summed E-state index contributed by atoms with van der Waals surface area (Å²) in [6, 6.07) is 9.09. The third-order valence-electron chi connectivity index (χ3n) is 2.83. The Hall–Kier alpha value is -2.27. The molecule has 0 unspecified atom stereocenters. The Morgan fingerprint density at radius 3 is 2.53 bits per heavy atom. The van der Waals surface area contributed by atoms with E-state index in [0.717, 1.165) is 16.7 Å². The number of nitrogens with zero attached hydrogens (tertiary/aromatic N) is 2. The predicted molar refractivity (Wildman–Crippen MR) is 71.2 cm³/mol. The minimum absolute atomic E-state index is 0.401. The highest BCUT2D eigenvalue weighted by molar-refractivity contribution is 5.75. The Balaban J connectivity index is 2.09. The molecule has 0 saturated heterocycles. The summed E-state index contributed by atoms with van der Waals surface area (Å²) in [6.07, 6.45) is 3.81. The molecule has 0 bridgehead atoms. The van der Waals surface area contributed by atoms with Crippen molar-refractivity contribution in [2.75, 3.05) is 7.11 Å². The third kappa shape index (κ3) is 3.35. The van der Waals surface area contributed by atoms with Gasteiger partial charge in [0.2, 0.25) is 0 Å². The summed E-state index contributed by atoms with van der Waals surface area (Å²) in [5.41, 5.74) is 8.75. The first-order chi connectivity index (χ1) is 9.20. The van der Waals surface area contributed by atoms with Gasteiger partial charge in [-0.05, 0) is 23.6 Å². The van der Waals surface area contributed by atoms with E-state index in [9.17, 15) is 4.79 Å². The number of esters is 1. The Labute approximate surface area is 111 Å². The lowest BCUT2D eigenvalue weighted by molar-refractivity contribution is -0.142. The van der Waals surface area contributed by atoms with Crippen molar-refractivity contribution in [3.05, 3.63) is 48.3 Å². The first kappa shape index (κ1) is 13.2. The van der Waals surface area contributed by atoms with Gasteiger partial charge in [0.25, 0.3) is 0 Å². The summed E-state index contributed by atoms with van der Waals surface area (Å²) in [5.74, 6) is -0.401. The minimum atomic E-state index is -0.626. The van der Waals surface area contributed by atoms with Crippen molar-refractivity contribution >= 4 is 5.97 Å². The number of carbonyl (C=O) groups excluding carboxylic acids is 1. The van der Waals surface area contributed by atoms with Gasteiger partial charge >= 0.3 is 5.97 Å². The van der Waals surface area contributed by atoms with Gasteiger partial charge in [0.15, 0.2) is 0 Å². The minimum Gasteiger partial charge on any atom is -0.468 e. The maximum Gasteiger partial charge on any atom is 0.322 e. The van der Waals surface area contributed by atoms with Gasteiger partial charge in [-0.1, -0.05) is 24.3 Å². The third-order valence-corrected chi connectivity index (χ3v) is 2.83. The molecule has 1 aromatic heterocycles. The van der Waals surface area contributed by atoms with E-state index in [1.807, 2.05) is 30.3 Å². The van der Waals surface area contributed by atoms with Crippen molar-refractivity contribution in [2.45, 2.75) is 12.5 Å². The molecule has 0 aliphatic rings. The monoisotopic (exact) mass is 257 g/mol. The van der Waals surface area contributed by atoms with Gasteiger partial charge in [-0.2, -0.15) is 10.2 Å². The van der Waals surface area contributed by atoms with Crippen molar-refractivity contribution in [3.63, 3.8) is 0 Å². The molecular formula is C14H15N3O2. The molecular weight excluding hydrogens is 242 g/mol. The molecule has 0 spiro atoms. The SMILES string of the molecule is COC(=O)[C@@H](N)Cc1ccc(-c2ccnnc2)cc1. The lowest BCUT2D eigenvalue weighted by atomic mass is 10.0. The second kappa shape index (κ2) is 6.06. The van der Waals surface area contributed by atoms with Crippen LogP contribution >= 0.6 is 0 Å². The number of aromatic nitrogens is 2. The molecule has 0 fully saturated rings. The van der Waals surface area contributed by atoms with Crippen LogP contribution in [0.25, 0.3) is 11.1 Å². The lowest BCUT2D eigenvalue weighted by Gasteiger charge is -2.09. The van der Waals surface area contributed by atoms with E-state index >= 15 is 0 Å². The molecule has 0 saturated carbocycles. The van der Waals surface area contributed by atoms with Crippen molar-refractivity contribution in [3.8, 4) is 11.1 Å². The number of hydrogen-bond donors (Lipinski definition) is 1. The van der Waals surface area contributed by atoms with E-state index in [4.69, 9.17) is 5.73 Å². The summed E-state index contributed by atoms with van der Waals surface area (Å²) >= 11 is 0. The van der Waals surface area contributed by atoms with Crippen LogP contribution in [0, 0.1) is 0 Å². The van der Waals surface area contributed by atoms with E-state index in [0.29, 0.717) is 6.42 Å². The molecule has 0 radical (unpaired) electrons. The maximum atomic E-state index is 11.2. The number of nitrogens with two attached hydrogens (primary N) is 1. The van der Waals surface area contributed by atoms with Crippen molar-refractivity contribution < 1.29 is 9.53 Å². The van der Waals surface area contributed by atoms with Gasteiger partial charge < -0.3 is 10.5 Å². The number of hydrogen-bond acceptors (Lipinski definition) is 5. The predicted octanol–water partition coefficient (Wildman–Crippen LogP) is 1.19. The van der Waals surface area contributed by atoms with Crippen LogP contribution in [0.4, 0.5) is 0 Å². The largest absolute Gasteiger partial charge is 0.468 e. The Morgan fingerprint density at radius 2 is 1.95 bits per heavy atom. The van der Waals surface area contributed by atoms with Crippen LogP contribution in [0.2, 0.25) is 0 Å². The van der Waals surface area contributed by atoms with Crippen LogP contribution in [0.3, 0.4) is 0 Å². The van der Waals surface area contributed by atoms with Gasteiger partial charge in [0.1, 0.15) is 6.04 Å². The summed E-state index contributed by atoms with van der Waals surface area (Å²) in [6.45, 7) is 0. The molecule has 19 heavy (non-hydrogen) atoms. The Kier molecular flexibility index (Phi) is 4.20. The van der Waals surface area contributed by atoms with Crippen LogP contribution < -0.4 is 5.73 Å². The van der Waals surface area contributed by atoms with Crippen molar-refractivity contribution in [1.82, 2.24) is 10.2 Å². The highest BCUT2D eigenvalue weighted by atomic mass is 16.5. The molecule has 5 heteroatoms. The van der Waals surface area contributed by atoms with Crippen LogP contribution in [-0.4, -0.2) is 29.3 Å². The molecule has 1 aromatic carbocycles. The number of carbonyl (C=O) groups is 1. The van der Waals surface area contributed by atoms with E-state index in [-0.39, 0.29) is 0 Å². The Bertz CT molecular complexity index is 540. The van der Waals surface area contributed by atoms with Gasteiger partial charge in [-0.25, -0.2) is 0 Å². The van der Waals surface area contributed by atoms with E-state index < -0.39 is 12.0 Å². The molecule has 1 atom stereocenters. The summed E-state index contributed by atoms with van der Waals surface area (Å²) in [5, 5.41) is 7.57. The second-order valence-electron chi connectivity index (χ2n) is 4.16. The molecule has 0 aliphatic carbocycles. The molecule has 2 rings (SSSR count). The fraction of sp³-hybridized carbons (Fsp3) is 0.214. The van der Waals surface area contributed by atoms with Crippen molar-refractivity contribution in [1.29, 1.82) is 0 Å². The zero-order valence-electron chi connectivity index (χ0n) is 10.6. The Morgan fingerprint density at radius 1 is 1.21 bits per heavy atom. The zero-order chi connectivity index (χ0) is 13.7. The van der Waals surface area contributed by atoms with E-state index in [1.165, 1.54) is 7.11 Å². The topological polar surface area (TPSA) is 78.1 Å². The quantitative estimate of drug-likeness (QED) is 0.832. The molecule has 1 heterocycles. The second-order valence-corrected chi connectivity index (χ2v) is 4.16. The first-order valence-corrected chi connectivity index (χ1v) is 5.90. The zero-order valence-corrected chi connectivity index (χ0v) is 10.6. The fourth-order valence-corrected chi connectivity index (χ4v) is 1.78. The first-order valence-electron chi connectivity index (χ1n) is 5.90. The summed E-state index contributed by atoms with van der Waals surface area (Å²) in [7, 11) is 1.34. The van der Waals surface area contributed by atoms with Crippen LogP contribution in [-0.2, 0) is 16.0 Å². The van der Waals surface area contributed by atoms with E-state index in [2.05, 4.69) is 14.9 Å². The normalized spacial score (nSPS) is 11.9. The van der Waals surface area contributed by atoms with E-state index in [1.54, 1.807) is 12.4 Å². The number of rotatable bonds is 4. The summed E-state index contributed by atoms with van der Waals surface area (Å²) in [4.78, 5) is 11.2. The molecule has 2 aromatic rings. The molecule has 5 nitrogen and oxygen atoms in total. The van der Waals surface area contributed by atoms with Crippen molar-refractivity contribution in [2.24, 2.45) is 5.73 Å². The molecule has 0 aliphatic heterocycles. The fourth-order valence-electron chi connectivity index (χ4n) is 1.78. The van der Waals surface area contributed by atoms with Crippen LogP contribution in [0.5, 0.6) is 0 Å². The van der Waals surface area contributed by atoms with Gasteiger partial charge in [0, 0.05) is 5.56 Å². The number of ether oxygens (including phenoxy) is 1. The molecule has 0 amide bonds. The average molecular weight is 257 g/mol. The maximum absolute atomic E-state index is 11.2. The van der Waals surface area contributed by atoms with Gasteiger partial charge in [0.05, 0.1) is 19.5 Å². The smallest absolute Gasteiger partial charge is 0.322 e. The van der Waals surface area contributed by atoms with Crippen LogP contribution in [0.15, 0.2) is 42.7 Å². The van der Waals surface area contributed by atoms with Gasteiger partial charge in [-0.3, -0.25) is 4.79 Å². The lowest BCUT2D eigenvalue weighted by Crippen LogP contribution is -2.33. The highest BCUT2D eigenvalue weighted by Crippen LogP contribution is 2.18. The average Bonchev–Trinajstić information content (AvgIpc) is 2.48. The number of methoxy groups -OCH3 is 1. The van der Waals surface area contributed by atoms with Crippen LogP contribution in [0.1, 0.15) is 5.56 Å².